The van der Waals surface area contributed by atoms with Crippen LogP contribution in [0.15, 0.2) is 30.3 Å². The van der Waals surface area contributed by atoms with Gasteiger partial charge in [-0.3, -0.25) is 4.79 Å². The summed E-state index contributed by atoms with van der Waals surface area (Å²) in [5, 5.41) is 19.1. The van der Waals surface area contributed by atoms with Crippen molar-refractivity contribution >= 4 is 51.9 Å². The van der Waals surface area contributed by atoms with Gasteiger partial charge in [0.2, 0.25) is 0 Å². The monoisotopic (exact) mass is 607 g/mol. The number of rotatable bonds is 12. The zero-order valence-corrected chi connectivity index (χ0v) is 24.3. The second kappa shape index (κ2) is 12.0. The Kier molecular flexibility index (Phi) is 9.01. The minimum absolute atomic E-state index is 0.0429. The number of carbonyl (C=O) groups excluding carboxylic acids is 1. The summed E-state index contributed by atoms with van der Waals surface area (Å²) in [6, 6.07) is 8.33. The number of carboxylic acids is 1. The molecule has 196 valence electrons. The Balaban J connectivity index is 1.53. The molecule has 11 heteroatoms. The Morgan fingerprint density at radius 3 is 2.59 bits per heavy atom. The molecule has 1 fully saturated rings. The van der Waals surface area contributed by atoms with E-state index in [1.807, 2.05) is 26.0 Å². The van der Waals surface area contributed by atoms with E-state index in [9.17, 15) is 14.0 Å². The van der Waals surface area contributed by atoms with Crippen LogP contribution < -0.4 is 8.53 Å². The molecule has 0 radical (unpaired) electrons. The molecule has 1 heterocycles. The van der Waals surface area contributed by atoms with E-state index in [0.717, 1.165) is 49.3 Å². The number of likely N-dealkylation sites (N-methyl/N-ethyl adjacent to an activating group) is 1. The smallest absolute Gasteiger partial charge is 0.480 e. The van der Waals surface area contributed by atoms with Crippen molar-refractivity contribution in [3.63, 3.8) is 0 Å². The van der Waals surface area contributed by atoms with Gasteiger partial charge in [-0.2, -0.15) is 0 Å². The summed E-state index contributed by atoms with van der Waals surface area (Å²) < 4.78 is 20.7. The molecule has 0 spiro atoms. The Bertz CT molecular complexity index is 1290. The van der Waals surface area contributed by atoms with Gasteiger partial charge in [0.05, 0.1) is 0 Å². The molecule has 0 bridgehead atoms. The number of carbonyl (C=O) groups is 2. The predicted molar refractivity (Wildman–Crippen MR) is 144 cm³/mol. The molecule has 0 amide bonds. The van der Waals surface area contributed by atoms with Gasteiger partial charge in [-0.25, -0.2) is 0 Å². The maximum absolute atomic E-state index is 14.1. The second-order valence-electron chi connectivity index (χ2n) is 9.27. The second-order valence-corrected chi connectivity index (χ2v) is 15.6. The van der Waals surface area contributed by atoms with Crippen LogP contribution in [0, 0.1) is 25.6 Å². The molecule has 37 heavy (non-hydrogen) atoms. The maximum atomic E-state index is 14.1. The fourth-order valence-electron chi connectivity index (χ4n) is 3.98. The molecule has 3 aromatic rings. The average Bonchev–Trinajstić information content (AvgIpc) is 3.53. The summed E-state index contributed by atoms with van der Waals surface area (Å²) >= 11 is 5.25. The summed E-state index contributed by atoms with van der Waals surface area (Å²) in [6.07, 6.45) is 2.21. The number of hydrogen-bond donors (Lipinski definition) is 1. The minimum Gasteiger partial charge on any atom is -0.480 e. The van der Waals surface area contributed by atoms with Gasteiger partial charge < -0.3 is 5.11 Å². The third kappa shape index (κ3) is 6.96. The molecule has 2 aromatic carbocycles. The van der Waals surface area contributed by atoms with Crippen molar-refractivity contribution in [3.8, 4) is 16.3 Å². The summed E-state index contributed by atoms with van der Waals surface area (Å²) in [5.41, 5.74) is 3.00. The van der Waals surface area contributed by atoms with E-state index in [4.69, 9.17) is 21.4 Å². The number of halogens is 2. The molecule has 1 atom stereocenters. The molecule has 0 aliphatic heterocycles. The minimum atomic E-state index is -2.33. The van der Waals surface area contributed by atoms with E-state index in [0.29, 0.717) is 19.1 Å². The van der Waals surface area contributed by atoms with Gasteiger partial charge in [0.1, 0.15) is 0 Å². The van der Waals surface area contributed by atoms with Crippen LogP contribution in [-0.4, -0.2) is 72.1 Å². The Morgan fingerprint density at radius 2 is 1.95 bits per heavy atom. The van der Waals surface area contributed by atoms with E-state index in [1.165, 1.54) is 23.5 Å². The standard InChI is InChI=1S/C26H28AsClFN3O4S/c1-15-11-18(12-16(2)23(15)36-10-9-32(3)14-21(33)34)25-30-31-26(37-25)27(13-17-7-8-17)24(35)19-5-4-6-20(29)22(19)28/h4-6,11-12,17H,7-10,13-14H2,1-3H3,(H,33,34). The number of carboxylic acid groups (broad SMARTS) is 1. The molecule has 1 aromatic heterocycles. The third-order valence-corrected chi connectivity index (χ3v) is 13.5. The fraction of sp³-hybridized carbons (Fsp3) is 0.385. The van der Waals surface area contributed by atoms with E-state index in [-0.39, 0.29) is 21.7 Å². The molecular weight excluding hydrogens is 580 g/mol. The van der Waals surface area contributed by atoms with Gasteiger partial charge in [-0.15, -0.1) is 0 Å². The number of ether oxygens (including phenoxy) is 1. The van der Waals surface area contributed by atoms with Gasteiger partial charge in [0.15, 0.2) is 0 Å². The molecule has 1 unspecified atom stereocenters. The number of aromatic nitrogens is 2. The number of nitrogens with zero attached hydrogens (tertiary/aromatic N) is 3. The van der Waals surface area contributed by atoms with Gasteiger partial charge >= 0.3 is 220 Å². The predicted octanol–water partition coefficient (Wildman–Crippen LogP) is 4.54. The van der Waals surface area contributed by atoms with E-state index < -0.39 is 26.4 Å². The molecule has 1 saturated carbocycles. The zero-order chi connectivity index (χ0) is 26.7. The first-order valence-corrected chi connectivity index (χ1v) is 16.3. The van der Waals surface area contributed by atoms with Gasteiger partial charge in [0, 0.05) is 0 Å². The summed E-state index contributed by atoms with van der Waals surface area (Å²) in [7, 11) is 1.74. The van der Waals surface area contributed by atoms with Crippen molar-refractivity contribution < 1.29 is 23.8 Å². The van der Waals surface area contributed by atoms with Gasteiger partial charge in [-0.05, 0) is 0 Å². The molecule has 1 aliphatic carbocycles. The van der Waals surface area contributed by atoms with Crippen molar-refractivity contribution in [1.29, 1.82) is 0 Å². The first-order valence-electron chi connectivity index (χ1n) is 11.9. The van der Waals surface area contributed by atoms with Gasteiger partial charge in [0.25, 0.3) is 0 Å². The van der Waals surface area contributed by atoms with Gasteiger partial charge in [-0.1, -0.05) is 0 Å². The molecule has 4 rings (SSSR count). The first kappa shape index (κ1) is 27.7. The van der Waals surface area contributed by atoms with Crippen LogP contribution in [0.3, 0.4) is 0 Å². The quantitative estimate of drug-likeness (QED) is 0.302. The van der Waals surface area contributed by atoms with Crippen molar-refractivity contribution in [1.82, 2.24) is 15.1 Å². The number of aliphatic carboxylic acids is 1. The summed E-state index contributed by atoms with van der Waals surface area (Å²) in [6.45, 7) is 4.72. The number of benzene rings is 2. The van der Waals surface area contributed by atoms with Crippen molar-refractivity contribution in [3.05, 3.63) is 57.9 Å². The first-order chi connectivity index (χ1) is 17.6. The van der Waals surface area contributed by atoms with Crippen LogP contribution in [0.5, 0.6) is 5.75 Å². The Hall–Kier alpha value is -2.32. The fourth-order valence-corrected chi connectivity index (χ4v) is 11.3. The van der Waals surface area contributed by atoms with Crippen molar-refractivity contribution in [2.24, 2.45) is 5.92 Å². The average molecular weight is 608 g/mol. The van der Waals surface area contributed by atoms with E-state index in [2.05, 4.69) is 10.2 Å². The van der Waals surface area contributed by atoms with Crippen LogP contribution in [0.4, 0.5) is 4.39 Å². The third-order valence-electron chi connectivity index (χ3n) is 6.04. The Labute approximate surface area is 228 Å². The summed E-state index contributed by atoms with van der Waals surface area (Å²) in [5.74, 6) is -0.194. The number of hydrogen-bond acceptors (Lipinski definition) is 7. The zero-order valence-electron chi connectivity index (χ0n) is 20.8. The van der Waals surface area contributed by atoms with Crippen LogP contribution in [0.1, 0.15) is 34.3 Å². The topological polar surface area (TPSA) is 92.6 Å². The van der Waals surface area contributed by atoms with E-state index >= 15 is 0 Å². The molecule has 7 nitrogen and oxygen atoms in total. The SMILES string of the molecule is Cc1cc(-c2nnc([As](CC3CC3)C(=O)c3cccc(F)c3Cl)s2)cc(C)c1OCCN(C)CC(=O)O. The van der Waals surface area contributed by atoms with Crippen LogP contribution in [0.25, 0.3) is 10.6 Å². The molecule has 1 N–H and O–H groups in total. The number of aryl methyl sites for hydroxylation is 2. The van der Waals surface area contributed by atoms with Crippen LogP contribution in [0.2, 0.25) is 10.2 Å². The molecular formula is C26H28AsClFN3O4S. The van der Waals surface area contributed by atoms with Crippen LogP contribution >= 0.6 is 22.9 Å². The Morgan fingerprint density at radius 1 is 1.24 bits per heavy atom. The van der Waals surface area contributed by atoms with E-state index in [1.54, 1.807) is 18.0 Å². The molecule has 1 aliphatic rings. The summed E-state index contributed by atoms with van der Waals surface area (Å²) in [4.78, 5) is 26.0. The van der Waals surface area contributed by atoms with Crippen LogP contribution in [-0.2, 0) is 4.79 Å². The normalized spacial score (nSPS) is 14.1. The van der Waals surface area contributed by atoms with Crippen molar-refractivity contribution in [2.75, 3.05) is 26.7 Å². The van der Waals surface area contributed by atoms with Crippen molar-refractivity contribution in [2.45, 2.75) is 31.9 Å². The molecule has 0 saturated heterocycles.